The maximum absolute atomic E-state index is 9.68. The van der Waals surface area contributed by atoms with E-state index in [-0.39, 0.29) is 5.75 Å². The van der Waals surface area contributed by atoms with Gasteiger partial charge in [-0.05, 0) is 12.1 Å². The van der Waals surface area contributed by atoms with Gasteiger partial charge in [0.25, 0.3) is 0 Å². The predicted octanol–water partition coefficient (Wildman–Crippen LogP) is 1.36. The van der Waals surface area contributed by atoms with Crippen molar-refractivity contribution >= 4 is 16.7 Å². The summed E-state index contributed by atoms with van der Waals surface area (Å²) in [5.41, 5.74) is 0.812. The van der Waals surface area contributed by atoms with E-state index in [1.807, 2.05) is 12.1 Å². The molecule has 22 heavy (non-hydrogen) atoms. The van der Waals surface area contributed by atoms with E-state index in [0.29, 0.717) is 19.0 Å². The van der Waals surface area contributed by atoms with E-state index in [9.17, 15) is 5.11 Å². The van der Waals surface area contributed by atoms with Crippen LogP contribution in [0.25, 0.3) is 16.7 Å². The van der Waals surface area contributed by atoms with E-state index in [4.69, 9.17) is 4.74 Å². The third-order valence-corrected chi connectivity index (χ3v) is 3.74. The maximum Gasteiger partial charge on any atom is 0.159 e. The van der Waals surface area contributed by atoms with Crippen molar-refractivity contribution in [3.8, 4) is 11.6 Å². The number of nitrogens with zero attached hydrogens (tertiary/aromatic N) is 5. The molecular formula is C15H15N5O2. The Morgan fingerprint density at radius 1 is 1.05 bits per heavy atom. The van der Waals surface area contributed by atoms with E-state index >= 15 is 0 Å². The highest BCUT2D eigenvalue weighted by atomic mass is 16.5. The molecule has 0 atom stereocenters. The van der Waals surface area contributed by atoms with Crippen LogP contribution in [-0.2, 0) is 4.74 Å². The largest absolute Gasteiger partial charge is 0.508 e. The highest BCUT2D eigenvalue weighted by Crippen LogP contribution is 2.23. The monoisotopic (exact) mass is 297 g/mol. The fourth-order valence-corrected chi connectivity index (χ4v) is 2.61. The third-order valence-electron chi connectivity index (χ3n) is 3.74. The minimum atomic E-state index is 0.205. The van der Waals surface area contributed by atoms with E-state index in [1.165, 1.54) is 6.33 Å². The van der Waals surface area contributed by atoms with Crippen LogP contribution in [-0.4, -0.2) is 51.2 Å². The summed E-state index contributed by atoms with van der Waals surface area (Å²) < 4.78 is 7.07. The summed E-state index contributed by atoms with van der Waals surface area (Å²) in [6.45, 7) is 3.05. The minimum Gasteiger partial charge on any atom is -0.508 e. The number of ether oxygens (including phenoxy) is 1. The summed E-state index contributed by atoms with van der Waals surface area (Å²) >= 11 is 0. The number of phenols is 1. The number of benzene rings is 1. The normalized spacial score (nSPS) is 15.4. The van der Waals surface area contributed by atoms with Crippen molar-refractivity contribution in [3.05, 3.63) is 36.8 Å². The van der Waals surface area contributed by atoms with Gasteiger partial charge in [-0.3, -0.25) is 0 Å². The van der Waals surface area contributed by atoms with Crippen LogP contribution in [0, 0.1) is 0 Å². The molecule has 0 unspecified atom stereocenters. The number of hydrogen-bond donors (Lipinski definition) is 1. The van der Waals surface area contributed by atoms with Gasteiger partial charge in [0, 0.05) is 30.6 Å². The number of aromatic hydroxyl groups is 1. The summed E-state index contributed by atoms with van der Waals surface area (Å²) in [5.74, 6) is 1.74. The van der Waals surface area contributed by atoms with Crippen molar-refractivity contribution in [2.75, 3.05) is 31.2 Å². The van der Waals surface area contributed by atoms with Crippen molar-refractivity contribution in [2.45, 2.75) is 0 Å². The summed E-state index contributed by atoms with van der Waals surface area (Å²) in [7, 11) is 0. The van der Waals surface area contributed by atoms with Gasteiger partial charge in [-0.25, -0.2) is 14.6 Å². The fraction of sp³-hybridized carbons (Fsp3) is 0.267. The van der Waals surface area contributed by atoms with Crippen molar-refractivity contribution in [2.24, 2.45) is 0 Å². The number of phenolic OH excluding ortho intramolecular Hbond substituents is 1. The van der Waals surface area contributed by atoms with Crippen molar-refractivity contribution in [3.63, 3.8) is 0 Å². The van der Waals surface area contributed by atoms with Gasteiger partial charge in [0.05, 0.1) is 24.9 Å². The molecule has 3 aromatic rings. The Hall–Kier alpha value is -2.67. The number of rotatable bonds is 2. The van der Waals surface area contributed by atoms with Gasteiger partial charge in [-0.2, -0.15) is 5.10 Å². The third kappa shape index (κ3) is 2.25. The van der Waals surface area contributed by atoms with Gasteiger partial charge in [-0.1, -0.05) is 0 Å². The number of hydrogen-bond acceptors (Lipinski definition) is 6. The fourth-order valence-electron chi connectivity index (χ4n) is 2.61. The second kappa shape index (κ2) is 5.27. The predicted molar refractivity (Wildman–Crippen MR) is 81.4 cm³/mol. The van der Waals surface area contributed by atoms with Crippen LogP contribution < -0.4 is 4.90 Å². The van der Waals surface area contributed by atoms with E-state index < -0.39 is 0 Å². The maximum atomic E-state index is 9.68. The van der Waals surface area contributed by atoms with Crippen molar-refractivity contribution in [1.82, 2.24) is 19.7 Å². The Labute approximate surface area is 126 Å². The molecule has 1 N–H and O–H groups in total. The molecule has 112 valence electrons. The van der Waals surface area contributed by atoms with Crippen LogP contribution >= 0.6 is 0 Å². The minimum absolute atomic E-state index is 0.205. The van der Waals surface area contributed by atoms with Crippen LogP contribution in [0.15, 0.2) is 36.8 Å². The molecule has 0 bridgehead atoms. The van der Waals surface area contributed by atoms with Crippen LogP contribution in [0.5, 0.6) is 5.75 Å². The quantitative estimate of drug-likeness (QED) is 0.769. The van der Waals surface area contributed by atoms with Crippen LogP contribution in [0.2, 0.25) is 0 Å². The van der Waals surface area contributed by atoms with Gasteiger partial charge in [0.2, 0.25) is 0 Å². The first kappa shape index (κ1) is 13.0. The molecule has 4 rings (SSSR count). The van der Waals surface area contributed by atoms with Crippen LogP contribution in [0.4, 0.5) is 5.82 Å². The van der Waals surface area contributed by atoms with Gasteiger partial charge >= 0.3 is 0 Å². The molecule has 1 aliphatic heterocycles. The topological polar surface area (TPSA) is 76.3 Å². The summed E-state index contributed by atoms with van der Waals surface area (Å²) in [6, 6.07) is 7.06. The molecule has 7 nitrogen and oxygen atoms in total. The lowest BCUT2D eigenvalue weighted by Crippen LogP contribution is -2.36. The first-order valence-electron chi connectivity index (χ1n) is 7.13. The number of fused-ring (bicyclic) bond motifs is 1. The second-order valence-corrected chi connectivity index (χ2v) is 5.13. The molecule has 1 saturated heterocycles. The van der Waals surface area contributed by atoms with Gasteiger partial charge < -0.3 is 14.7 Å². The van der Waals surface area contributed by atoms with E-state index in [1.54, 1.807) is 23.0 Å². The molecule has 0 radical (unpaired) electrons. The molecule has 0 amide bonds. The average molecular weight is 297 g/mol. The molecule has 0 spiro atoms. The standard InChI is InChI=1S/C15H15N5O2/c21-12-2-1-11-9-18-20(13(11)7-12)15-8-14(16-10-17-15)19-3-5-22-6-4-19/h1-2,7-10,21H,3-6H2. The Kier molecular flexibility index (Phi) is 3.12. The van der Waals surface area contributed by atoms with Crippen LogP contribution in [0.1, 0.15) is 0 Å². The molecule has 0 aliphatic carbocycles. The lowest BCUT2D eigenvalue weighted by Gasteiger charge is -2.27. The molecule has 1 aromatic carbocycles. The summed E-state index contributed by atoms with van der Waals surface area (Å²) in [6.07, 6.45) is 3.29. The molecule has 3 heterocycles. The highest BCUT2D eigenvalue weighted by Gasteiger charge is 2.14. The Bertz CT molecular complexity index is 811. The molecule has 2 aromatic heterocycles. The van der Waals surface area contributed by atoms with Crippen molar-refractivity contribution < 1.29 is 9.84 Å². The highest BCUT2D eigenvalue weighted by molar-refractivity contribution is 5.81. The Morgan fingerprint density at radius 3 is 2.73 bits per heavy atom. The zero-order chi connectivity index (χ0) is 14.9. The Balaban J connectivity index is 1.76. The first-order valence-corrected chi connectivity index (χ1v) is 7.13. The lowest BCUT2D eigenvalue weighted by atomic mass is 10.2. The van der Waals surface area contributed by atoms with Crippen molar-refractivity contribution in [1.29, 1.82) is 0 Å². The molecular weight excluding hydrogens is 282 g/mol. The second-order valence-electron chi connectivity index (χ2n) is 5.13. The molecule has 0 saturated carbocycles. The molecule has 1 fully saturated rings. The van der Waals surface area contributed by atoms with Crippen LogP contribution in [0.3, 0.4) is 0 Å². The number of morpholine rings is 1. The zero-order valence-electron chi connectivity index (χ0n) is 11.9. The summed E-state index contributed by atoms with van der Waals surface area (Å²) in [5, 5.41) is 15.0. The summed E-state index contributed by atoms with van der Waals surface area (Å²) in [4.78, 5) is 10.8. The Morgan fingerprint density at radius 2 is 1.86 bits per heavy atom. The first-order chi connectivity index (χ1) is 10.8. The van der Waals surface area contributed by atoms with E-state index in [2.05, 4.69) is 20.0 Å². The number of anilines is 1. The van der Waals surface area contributed by atoms with Gasteiger partial charge in [0.1, 0.15) is 17.9 Å². The van der Waals surface area contributed by atoms with E-state index in [0.717, 1.165) is 29.8 Å². The molecule has 1 aliphatic rings. The smallest absolute Gasteiger partial charge is 0.159 e. The lowest BCUT2D eigenvalue weighted by molar-refractivity contribution is 0.122. The SMILES string of the molecule is Oc1ccc2cnn(-c3cc(N4CCOCC4)ncn3)c2c1. The van der Waals surface area contributed by atoms with Gasteiger partial charge in [0.15, 0.2) is 5.82 Å². The average Bonchev–Trinajstić information content (AvgIpc) is 2.99. The zero-order valence-corrected chi connectivity index (χ0v) is 11.9. The molecule has 7 heteroatoms. The van der Waals surface area contributed by atoms with Gasteiger partial charge in [-0.15, -0.1) is 0 Å². The number of aromatic nitrogens is 4.